The molecule has 0 bridgehead atoms. The van der Waals surface area contributed by atoms with Gasteiger partial charge in [-0.05, 0) is 37.8 Å². The molecule has 24 heavy (non-hydrogen) atoms. The second kappa shape index (κ2) is 6.86. The smallest absolute Gasteiger partial charge is 0.289 e. The molecule has 1 aromatic heterocycles. The lowest BCUT2D eigenvalue weighted by molar-refractivity contribution is -0.136. The van der Waals surface area contributed by atoms with Crippen molar-refractivity contribution >= 4 is 5.91 Å². The predicted molar refractivity (Wildman–Crippen MR) is 87.9 cm³/mol. The third-order valence-electron chi connectivity index (χ3n) is 5.72. The average Bonchev–Trinajstić information content (AvgIpc) is 3.17. The van der Waals surface area contributed by atoms with Gasteiger partial charge in [0.1, 0.15) is 0 Å². The monoisotopic (exact) mass is 334 g/mol. The number of carbonyl (C=O) groups is 1. The number of rotatable bonds is 2. The molecule has 3 aliphatic rings. The van der Waals surface area contributed by atoms with Crippen molar-refractivity contribution < 1.29 is 18.7 Å². The van der Waals surface area contributed by atoms with Gasteiger partial charge in [-0.3, -0.25) is 9.69 Å². The molecule has 1 amide bonds. The van der Waals surface area contributed by atoms with Gasteiger partial charge in [-0.25, -0.2) is 0 Å². The van der Waals surface area contributed by atoms with E-state index in [1.54, 1.807) is 18.4 Å². The number of hydrogen-bond donors (Lipinski definition) is 0. The normalized spacial score (nSPS) is 28.2. The van der Waals surface area contributed by atoms with Crippen molar-refractivity contribution in [2.45, 2.75) is 37.3 Å². The number of piperidine rings is 1. The number of hydrogen-bond acceptors (Lipinski definition) is 5. The highest BCUT2D eigenvalue weighted by molar-refractivity contribution is 5.91. The van der Waals surface area contributed by atoms with Gasteiger partial charge in [-0.15, -0.1) is 0 Å². The minimum absolute atomic E-state index is 0.00427. The Morgan fingerprint density at radius 3 is 2.62 bits per heavy atom. The second-order valence-electron chi connectivity index (χ2n) is 7.10. The van der Waals surface area contributed by atoms with Crippen molar-refractivity contribution in [2.75, 3.05) is 46.0 Å². The zero-order chi connectivity index (χ0) is 16.4. The molecule has 3 fully saturated rings. The minimum atomic E-state index is -0.0544. The lowest BCUT2D eigenvalue weighted by Crippen LogP contribution is -2.55. The molecule has 1 unspecified atom stereocenters. The average molecular weight is 334 g/mol. The summed E-state index contributed by atoms with van der Waals surface area (Å²) in [4.78, 5) is 16.9. The van der Waals surface area contributed by atoms with E-state index in [-0.39, 0.29) is 11.5 Å². The molecular weight excluding hydrogens is 308 g/mol. The molecular formula is C18H26N2O4. The summed E-state index contributed by atoms with van der Waals surface area (Å²) in [6.45, 7) is 6.07. The molecule has 1 aromatic rings. The van der Waals surface area contributed by atoms with Crippen molar-refractivity contribution in [3.8, 4) is 0 Å². The van der Waals surface area contributed by atoms with Gasteiger partial charge >= 0.3 is 0 Å². The van der Waals surface area contributed by atoms with Gasteiger partial charge in [0.15, 0.2) is 5.76 Å². The molecule has 1 atom stereocenters. The minimum Gasteiger partial charge on any atom is -0.459 e. The Kier molecular flexibility index (Phi) is 4.61. The van der Waals surface area contributed by atoms with Crippen molar-refractivity contribution in [3.63, 3.8) is 0 Å². The number of morpholine rings is 1. The summed E-state index contributed by atoms with van der Waals surface area (Å²) in [5.74, 6) is 0.428. The Balaban J connectivity index is 1.36. The first-order valence-electron chi connectivity index (χ1n) is 9.04. The summed E-state index contributed by atoms with van der Waals surface area (Å²) in [6, 6.07) is 4.09. The quantitative estimate of drug-likeness (QED) is 0.825. The molecule has 4 rings (SSSR count). The van der Waals surface area contributed by atoms with E-state index >= 15 is 0 Å². The summed E-state index contributed by atoms with van der Waals surface area (Å²) in [5, 5.41) is 0. The Labute approximate surface area is 142 Å². The molecule has 0 aromatic carbocycles. The highest BCUT2D eigenvalue weighted by atomic mass is 16.5. The third kappa shape index (κ3) is 3.23. The topological polar surface area (TPSA) is 55.2 Å². The molecule has 3 saturated heterocycles. The van der Waals surface area contributed by atoms with Crippen molar-refractivity contribution in [2.24, 2.45) is 0 Å². The molecule has 1 spiro atoms. The standard InChI is InChI=1S/C18H26N2O4/c21-17(16-2-1-10-23-16)20-6-4-18(5-7-20)14-15(3-11-24-18)19-8-12-22-13-9-19/h1-2,10,15H,3-9,11-14H2. The van der Waals surface area contributed by atoms with Crippen molar-refractivity contribution in [1.29, 1.82) is 0 Å². The summed E-state index contributed by atoms with van der Waals surface area (Å²) >= 11 is 0. The lowest BCUT2D eigenvalue weighted by Gasteiger charge is -2.48. The van der Waals surface area contributed by atoms with Gasteiger partial charge in [-0.1, -0.05) is 0 Å². The Morgan fingerprint density at radius 1 is 1.12 bits per heavy atom. The van der Waals surface area contributed by atoms with Crippen LogP contribution in [0.3, 0.4) is 0 Å². The van der Waals surface area contributed by atoms with Crippen LogP contribution in [0.25, 0.3) is 0 Å². The van der Waals surface area contributed by atoms with E-state index in [1.807, 2.05) is 4.90 Å². The summed E-state index contributed by atoms with van der Waals surface area (Å²) in [5.41, 5.74) is -0.0544. The van der Waals surface area contributed by atoms with E-state index in [1.165, 1.54) is 0 Å². The van der Waals surface area contributed by atoms with Crippen LogP contribution in [-0.2, 0) is 9.47 Å². The van der Waals surface area contributed by atoms with Gasteiger partial charge in [0.2, 0.25) is 0 Å². The van der Waals surface area contributed by atoms with Gasteiger partial charge in [-0.2, -0.15) is 0 Å². The second-order valence-corrected chi connectivity index (χ2v) is 7.10. The Hall–Kier alpha value is -1.37. The summed E-state index contributed by atoms with van der Waals surface area (Å²) in [7, 11) is 0. The van der Waals surface area contributed by atoms with E-state index in [0.29, 0.717) is 11.8 Å². The van der Waals surface area contributed by atoms with Gasteiger partial charge < -0.3 is 18.8 Å². The number of furan rings is 1. The predicted octanol–water partition coefficient (Wildman–Crippen LogP) is 1.77. The van der Waals surface area contributed by atoms with Crippen molar-refractivity contribution in [1.82, 2.24) is 9.80 Å². The van der Waals surface area contributed by atoms with E-state index < -0.39 is 0 Å². The molecule has 0 N–H and O–H groups in total. The van der Waals surface area contributed by atoms with Crippen LogP contribution in [0.15, 0.2) is 22.8 Å². The fourth-order valence-corrected chi connectivity index (χ4v) is 4.28. The molecule has 6 nitrogen and oxygen atoms in total. The van der Waals surface area contributed by atoms with Crippen molar-refractivity contribution in [3.05, 3.63) is 24.2 Å². The third-order valence-corrected chi connectivity index (χ3v) is 5.72. The van der Waals surface area contributed by atoms with Crippen LogP contribution in [-0.4, -0.2) is 73.3 Å². The Bertz CT molecular complexity index is 545. The Morgan fingerprint density at radius 2 is 1.92 bits per heavy atom. The fourth-order valence-electron chi connectivity index (χ4n) is 4.28. The largest absolute Gasteiger partial charge is 0.459 e. The number of likely N-dealkylation sites (tertiary alicyclic amines) is 1. The van der Waals surface area contributed by atoms with Crippen LogP contribution < -0.4 is 0 Å². The molecule has 0 saturated carbocycles. The van der Waals surface area contributed by atoms with Crippen LogP contribution in [0.5, 0.6) is 0 Å². The van der Waals surface area contributed by atoms with Crippen LogP contribution >= 0.6 is 0 Å². The molecule has 4 heterocycles. The summed E-state index contributed by atoms with van der Waals surface area (Å²) < 4.78 is 16.9. The number of amides is 1. The zero-order valence-electron chi connectivity index (χ0n) is 14.1. The van der Waals surface area contributed by atoms with E-state index in [9.17, 15) is 4.79 Å². The molecule has 132 valence electrons. The van der Waals surface area contributed by atoms with E-state index in [4.69, 9.17) is 13.9 Å². The molecule has 6 heteroatoms. The number of carbonyl (C=O) groups excluding carboxylic acids is 1. The van der Waals surface area contributed by atoms with Crippen LogP contribution in [0.2, 0.25) is 0 Å². The van der Waals surface area contributed by atoms with Crippen LogP contribution in [0, 0.1) is 0 Å². The first-order chi connectivity index (χ1) is 11.8. The number of nitrogens with zero attached hydrogens (tertiary/aromatic N) is 2. The first kappa shape index (κ1) is 16.1. The highest BCUT2D eigenvalue weighted by Gasteiger charge is 2.43. The van der Waals surface area contributed by atoms with Gasteiger partial charge in [0, 0.05) is 38.8 Å². The molecule has 3 aliphatic heterocycles. The zero-order valence-corrected chi connectivity index (χ0v) is 14.1. The summed E-state index contributed by atoms with van der Waals surface area (Å²) in [6.07, 6.45) is 5.57. The first-order valence-corrected chi connectivity index (χ1v) is 9.04. The maximum Gasteiger partial charge on any atom is 0.289 e. The van der Waals surface area contributed by atoms with E-state index in [0.717, 1.165) is 71.7 Å². The van der Waals surface area contributed by atoms with Crippen LogP contribution in [0.4, 0.5) is 0 Å². The fraction of sp³-hybridized carbons (Fsp3) is 0.722. The highest BCUT2D eigenvalue weighted by Crippen LogP contribution is 2.37. The van der Waals surface area contributed by atoms with E-state index in [2.05, 4.69) is 4.90 Å². The van der Waals surface area contributed by atoms with Gasteiger partial charge in [0.25, 0.3) is 5.91 Å². The maximum absolute atomic E-state index is 12.4. The maximum atomic E-state index is 12.4. The van der Waals surface area contributed by atoms with Crippen LogP contribution in [0.1, 0.15) is 36.2 Å². The number of ether oxygens (including phenoxy) is 2. The lowest BCUT2D eigenvalue weighted by atomic mass is 9.81. The molecule has 0 aliphatic carbocycles. The SMILES string of the molecule is O=C(c1ccco1)N1CCC2(CC1)CC(N1CCOCC1)CCO2. The molecule has 0 radical (unpaired) electrons. The van der Waals surface area contributed by atoms with Gasteiger partial charge in [0.05, 0.1) is 25.1 Å².